The molecule has 0 atom stereocenters. The van der Waals surface area contributed by atoms with E-state index < -0.39 is 0 Å². The second-order valence-electron chi connectivity index (χ2n) is 6.29. The van der Waals surface area contributed by atoms with Crippen molar-refractivity contribution in [1.29, 1.82) is 0 Å². The molecule has 0 saturated heterocycles. The molecule has 0 N–H and O–H groups in total. The fraction of sp³-hybridized carbons (Fsp3) is 0.0909. The number of nitrogens with zero attached hydrogens (tertiary/aromatic N) is 2. The first-order valence-electron chi connectivity index (χ1n) is 8.22. The molecule has 3 nitrogen and oxygen atoms in total. The molecule has 25 heavy (non-hydrogen) atoms. The first-order valence-corrected chi connectivity index (χ1v) is 8.22. The normalized spacial score (nSPS) is 11.1. The van der Waals surface area contributed by atoms with Crippen molar-refractivity contribution >= 4 is 40.1 Å². The monoisotopic (exact) mass is 326 g/mol. The van der Waals surface area contributed by atoms with Gasteiger partial charge in [-0.2, -0.15) is 0 Å². The topological polar surface area (TPSA) is 34.4 Å². The quantitative estimate of drug-likeness (QED) is 0.452. The second kappa shape index (κ2) is 5.71. The number of fused-ring (bicyclic) bond motifs is 3. The molecular formula is C22H18N2O. The van der Waals surface area contributed by atoms with Crippen LogP contribution in [-0.2, 0) is 0 Å². The summed E-state index contributed by atoms with van der Waals surface area (Å²) in [6.07, 6.45) is 0. The maximum Gasteiger partial charge on any atom is 0.263 e. The minimum atomic E-state index is -0.0198. The summed E-state index contributed by atoms with van der Waals surface area (Å²) >= 11 is 0. The number of carbonyl (C=O) groups excluding carboxylic acids is 1. The Hall–Kier alpha value is -3.20. The SMILES string of the molecule is C=Nc1cc(C)c(C(=O)n2c3ccccc3c3ccccc32)cc1C. The molecule has 1 aromatic heterocycles. The van der Waals surface area contributed by atoms with Gasteiger partial charge in [0.15, 0.2) is 0 Å². The van der Waals surface area contributed by atoms with Gasteiger partial charge in [-0.1, -0.05) is 36.4 Å². The third kappa shape index (κ3) is 2.28. The van der Waals surface area contributed by atoms with Gasteiger partial charge in [-0.05, 0) is 56.0 Å². The van der Waals surface area contributed by atoms with Crippen molar-refractivity contribution in [3.8, 4) is 0 Å². The molecule has 0 fully saturated rings. The van der Waals surface area contributed by atoms with Gasteiger partial charge in [-0.25, -0.2) is 0 Å². The average molecular weight is 326 g/mol. The van der Waals surface area contributed by atoms with Crippen LogP contribution in [0.15, 0.2) is 65.7 Å². The zero-order valence-electron chi connectivity index (χ0n) is 14.3. The Morgan fingerprint density at radius 3 is 2.00 bits per heavy atom. The minimum absolute atomic E-state index is 0.0198. The summed E-state index contributed by atoms with van der Waals surface area (Å²) in [7, 11) is 0. The van der Waals surface area contributed by atoms with Crippen LogP contribution in [0.3, 0.4) is 0 Å². The summed E-state index contributed by atoms with van der Waals surface area (Å²) in [6.45, 7) is 7.49. The Balaban J connectivity index is 2.03. The molecule has 0 saturated carbocycles. The van der Waals surface area contributed by atoms with Crippen molar-refractivity contribution < 1.29 is 4.79 Å². The Kier molecular flexibility index (Phi) is 3.50. The third-order valence-corrected chi connectivity index (χ3v) is 4.73. The molecule has 3 aromatic carbocycles. The molecule has 122 valence electrons. The standard InChI is InChI=1S/C22H18N2O/c1-14-13-19(23-3)15(2)12-18(14)22(25)24-20-10-6-4-8-16(20)17-9-5-7-11-21(17)24/h4-13H,3H2,1-2H3. The summed E-state index contributed by atoms with van der Waals surface area (Å²) in [5.41, 5.74) is 5.21. The summed E-state index contributed by atoms with van der Waals surface area (Å²) in [5.74, 6) is -0.0198. The predicted octanol–water partition coefficient (Wildman–Crippen LogP) is 5.43. The van der Waals surface area contributed by atoms with Crippen LogP contribution < -0.4 is 0 Å². The molecule has 4 aromatic rings. The number of aryl methyl sites for hydroxylation is 2. The van der Waals surface area contributed by atoms with Crippen molar-refractivity contribution in [2.45, 2.75) is 13.8 Å². The molecule has 1 heterocycles. The van der Waals surface area contributed by atoms with E-state index in [9.17, 15) is 4.79 Å². The van der Waals surface area contributed by atoms with Crippen LogP contribution in [0.2, 0.25) is 0 Å². The van der Waals surface area contributed by atoms with Crippen molar-refractivity contribution in [2.75, 3.05) is 0 Å². The maximum atomic E-state index is 13.4. The minimum Gasteiger partial charge on any atom is -0.276 e. The number of aliphatic imine (C=N–C) groups is 1. The summed E-state index contributed by atoms with van der Waals surface area (Å²) in [4.78, 5) is 17.5. The van der Waals surface area contributed by atoms with Gasteiger partial charge in [-0.15, -0.1) is 0 Å². The van der Waals surface area contributed by atoms with Crippen LogP contribution in [0, 0.1) is 13.8 Å². The number of hydrogen-bond acceptors (Lipinski definition) is 2. The van der Waals surface area contributed by atoms with Crippen LogP contribution >= 0.6 is 0 Å². The second-order valence-corrected chi connectivity index (χ2v) is 6.29. The smallest absolute Gasteiger partial charge is 0.263 e. The number of para-hydroxylation sites is 2. The number of carbonyl (C=O) groups is 1. The summed E-state index contributed by atoms with van der Waals surface area (Å²) in [5, 5.41) is 2.18. The highest BCUT2D eigenvalue weighted by atomic mass is 16.2. The van der Waals surface area contributed by atoms with Gasteiger partial charge >= 0.3 is 0 Å². The van der Waals surface area contributed by atoms with Crippen LogP contribution in [0.5, 0.6) is 0 Å². The zero-order valence-corrected chi connectivity index (χ0v) is 14.3. The van der Waals surface area contributed by atoms with E-state index in [-0.39, 0.29) is 5.91 Å². The van der Waals surface area contributed by atoms with Crippen molar-refractivity contribution in [1.82, 2.24) is 4.57 Å². The molecule has 0 amide bonds. The Morgan fingerprint density at radius 2 is 1.44 bits per heavy atom. The van der Waals surface area contributed by atoms with E-state index in [1.165, 1.54) is 0 Å². The van der Waals surface area contributed by atoms with Crippen LogP contribution in [0.1, 0.15) is 21.5 Å². The first kappa shape index (κ1) is 15.3. The molecular weight excluding hydrogens is 308 g/mol. The molecule has 0 bridgehead atoms. The average Bonchev–Trinajstić information content (AvgIpc) is 2.97. The molecule has 0 aliphatic carbocycles. The molecule has 4 rings (SSSR count). The first-order chi connectivity index (χ1) is 12.1. The van der Waals surface area contributed by atoms with Crippen molar-refractivity contribution in [3.05, 3.63) is 77.4 Å². The van der Waals surface area contributed by atoms with Crippen LogP contribution in [-0.4, -0.2) is 17.2 Å². The number of aromatic nitrogens is 1. The van der Waals surface area contributed by atoms with E-state index in [4.69, 9.17) is 0 Å². The van der Waals surface area contributed by atoms with E-state index in [1.54, 1.807) is 0 Å². The van der Waals surface area contributed by atoms with Gasteiger partial charge in [0.25, 0.3) is 5.91 Å². The summed E-state index contributed by atoms with van der Waals surface area (Å²) < 4.78 is 1.81. The Bertz CT molecular complexity index is 1100. The van der Waals surface area contributed by atoms with E-state index in [0.717, 1.165) is 38.6 Å². The molecule has 0 radical (unpaired) electrons. The third-order valence-electron chi connectivity index (χ3n) is 4.73. The highest BCUT2D eigenvalue weighted by molar-refractivity contribution is 6.16. The summed E-state index contributed by atoms with van der Waals surface area (Å²) in [6, 6.07) is 19.9. The molecule has 0 spiro atoms. The van der Waals surface area contributed by atoms with Gasteiger partial charge in [0.1, 0.15) is 0 Å². The molecule has 0 aliphatic rings. The van der Waals surface area contributed by atoms with Gasteiger partial charge < -0.3 is 0 Å². The van der Waals surface area contributed by atoms with E-state index in [2.05, 4.69) is 23.8 Å². The fourth-order valence-corrected chi connectivity index (χ4v) is 3.46. The van der Waals surface area contributed by atoms with Gasteiger partial charge in [0, 0.05) is 16.3 Å². The zero-order chi connectivity index (χ0) is 17.6. The molecule has 0 unspecified atom stereocenters. The van der Waals surface area contributed by atoms with Gasteiger partial charge in [-0.3, -0.25) is 14.4 Å². The van der Waals surface area contributed by atoms with Crippen molar-refractivity contribution in [2.24, 2.45) is 4.99 Å². The highest BCUT2D eigenvalue weighted by Crippen LogP contribution is 2.31. The Morgan fingerprint density at radius 1 is 0.880 bits per heavy atom. The maximum absolute atomic E-state index is 13.4. The van der Waals surface area contributed by atoms with E-state index >= 15 is 0 Å². The lowest BCUT2D eigenvalue weighted by Crippen LogP contribution is -2.13. The van der Waals surface area contributed by atoms with Crippen molar-refractivity contribution in [3.63, 3.8) is 0 Å². The number of benzene rings is 3. The van der Waals surface area contributed by atoms with Gasteiger partial charge in [0.05, 0.1) is 16.7 Å². The van der Waals surface area contributed by atoms with Crippen LogP contribution in [0.4, 0.5) is 5.69 Å². The largest absolute Gasteiger partial charge is 0.276 e. The number of rotatable bonds is 2. The fourth-order valence-electron chi connectivity index (χ4n) is 3.46. The predicted molar refractivity (Wildman–Crippen MR) is 104 cm³/mol. The van der Waals surface area contributed by atoms with E-state index in [0.29, 0.717) is 5.56 Å². The lowest BCUT2D eigenvalue weighted by Gasteiger charge is -2.11. The Labute approximate surface area is 146 Å². The highest BCUT2D eigenvalue weighted by Gasteiger charge is 2.19. The molecule has 0 aliphatic heterocycles. The van der Waals surface area contributed by atoms with Crippen LogP contribution in [0.25, 0.3) is 21.8 Å². The number of hydrogen-bond donors (Lipinski definition) is 0. The van der Waals surface area contributed by atoms with Gasteiger partial charge in [0.2, 0.25) is 0 Å². The lowest BCUT2D eigenvalue weighted by molar-refractivity contribution is 0.0969. The lowest BCUT2D eigenvalue weighted by atomic mass is 10.0. The van der Waals surface area contributed by atoms with E-state index in [1.807, 2.05) is 66.9 Å². The molecule has 3 heteroatoms.